The summed E-state index contributed by atoms with van der Waals surface area (Å²) >= 11 is 0. The van der Waals surface area contributed by atoms with Gasteiger partial charge in [0.1, 0.15) is 5.75 Å². The van der Waals surface area contributed by atoms with Crippen molar-refractivity contribution in [1.29, 1.82) is 0 Å². The van der Waals surface area contributed by atoms with Crippen LogP contribution in [-0.2, 0) is 4.74 Å². The molecule has 0 aromatic heterocycles. The number of para-hydroxylation sites is 1. The van der Waals surface area contributed by atoms with E-state index in [1.165, 1.54) is 96.3 Å². The zero-order valence-electron chi connectivity index (χ0n) is 36.1. The quantitative estimate of drug-likeness (QED) is 0.247. The van der Waals surface area contributed by atoms with Gasteiger partial charge in [0.25, 0.3) is 0 Å². The lowest BCUT2D eigenvalue weighted by Crippen LogP contribution is -2.36. The van der Waals surface area contributed by atoms with Crippen molar-refractivity contribution in [1.82, 2.24) is 0 Å². The Kier molecular flexibility index (Phi) is 56.2. The number of ether oxygens (including phenoxy) is 2. The molecule has 2 nitrogen and oxygen atoms in total. The van der Waals surface area contributed by atoms with Crippen molar-refractivity contribution in [3.63, 3.8) is 0 Å². The van der Waals surface area contributed by atoms with Crippen LogP contribution >= 0.6 is 0 Å². The second-order valence-electron chi connectivity index (χ2n) is 14.6. The van der Waals surface area contributed by atoms with E-state index in [2.05, 4.69) is 55.4 Å². The predicted molar refractivity (Wildman–Crippen MR) is 247 cm³/mol. The average Bonchev–Trinajstić information content (AvgIpc) is 3.13. The first kappa shape index (κ1) is 65.8. The van der Waals surface area contributed by atoms with Crippen LogP contribution in [-0.4, -0.2) is 12.9 Å². The number of rotatable bonds is 8. The largest absolute Gasteiger partial charge is 0.465 e. The van der Waals surface area contributed by atoms with Gasteiger partial charge in [-0.3, -0.25) is 0 Å². The first-order chi connectivity index (χ1) is 23.1. The van der Waals surface area contributed by atoms with Crippen LogP contribution in [0, 0.1) is 40.9 Å². The summed E-state index contributed by atoms with van der Waals surface area (Å²) in [5, 5.41) is 0. The molecule has 0 N–H and O–H groups in total. The number of hydrogen-bond donors (Lipinski definition) is 0. The Morgan fingerprint density at radius 3 is 1.13 bits per heavy atom. The molecule has 3 fully saturated rings. The highest BCUT2D eigenvalue weighted by Gasteiger charge is 2.39. The third kappa shape index (κ3) is 31.3. The standard InChI is InChI=1S/C17H32.C10H14O2.C10H20.C3H8.3C2H6.4CH4/c1-13-5-9-15(10-6-13)17(3,4)16-11-7-14(2)8-12-16;1-3-11-9(2)12-10-7-5-4-6-8-10;1-3-9-5-7-10(4-2)8-6-9;1-3-2;3*1-2;;;;/h13-16H,5-12H2,1-4H3;4-9H,3H2,1-2H3;9-10H,3-8H2,1-2H3;3H2,1-2H3;3*1-2H3;4*1H4. The van der Waals surface area contributed by atoms with Gasteiger partial charge in [-0.05, 0) is 92.6 Å². The monoisotopic (exact) mass is 741 g/mol. The van der Waals surface area contributed by atoms with E-state index in [9.17, 15) is 0 Å². The first-order valence-corrected chi connectivity index (χ1v) is 21.4. The number of hydrogen-bond acceptors (Lipinski definition) is 2. The Hall–Kier alpha value is -1.02. The van der Waals surface area contributed by atoms with Crippen molar-refractivity contribution in [3.05, 3.63) is 30.3 Å². The molecule has 0 heterocycles. The molecule has 0 radical (unpaired) electrons. The van der Waals surface area contributed by atoms with E-state index in [4.69, 9.17) is 9.47 Å². The summed E-state index contributed by atoms with van der Waals surface area (Å²) in [4.78, 5) is 0. The lowest BCUT2D eigenvalue weighted by atomic mass is 9.59. The summed E-state index contributed by atoms with van der Waals surface area (Å²) in [5.74, 6) is 7.00. The minimum absolute atomic E-state index is 0. The van der Waals surface area contributed by atoms with Gasteiger partial charge in [-0.15, -0.1) is 0 Å². The summed E-state index contributed by atoms with van der Waals surface area (Å²) in [5.41, 5.74) is 0.611. The van der Waals surface area contributed by atoms with Gasteiger partial charge in [-0.1, -0.05) is 215 Å². The summed E-state index contributed by atoms with van der Waals surface area (Å²) in [6.07, 6.45) is 21.9. The van der Waals surface area contributed by atoms with Crippen molar-refractivity contribution in [2.75, 3.05) is 6.61 Å². The van der Waals surface area contributed by atoms with Gasteiger partial charge in [-0.25, -0.2) is 0 Å². The molecule has 3 aliphatic carbocycles. The highest BCUT2D eigenvalue weighted by molar-refractivity contribution is 5.20. The Balaban J connectivity index is -0.000000104. The third-order valence-electron chi connectivity index (χ3n) is 10.7. The molecule has 0 aliphatic heterocycles. The van der Waals surface area contributed by atoms with E-state index in [1.807, 2.05) is 85.7 Å². The van der Waals surface area contributed by atoms with Crippen LogP contribution in [0.25, 0.3) is 0 Å². The molecule has 1 unspecified atom stereocenters. The minimum atomic E-state index is -0.169. The molecule has 0 spiro atoms. The summed E-state index contributed by atoms with van der Waals surface area (Å²) in [6.45, 7) is 35.4. The molecule has 1 aromatic rings. The van der Waals surface area contributed by atoms with Gasteiger partial charge in [0.15, 0.2) is 6.29 Å². The molecule has 3 saturated carbocycles. The van der Waals surface area contributed by atoms with Gasteiger partial charge in [0, 0.05) is 6.61 Å². The molecule has 0 bridgehead atoms. The zero-order valence-corrected chi connectivity index (χ0v) is 36.1. The molecule has 1 atom stereocenters. The third-order valence-corrected chi connectivity index (χ3v) is 10.7. The summed E-state index contributed by atoms with van der Waals surface area (Å²) < 4.78 is 10.7. The zero-order chi connectivity index (χ0) is 37.4. The maximum Gasteiger partial charge on any atom is 0.196 e. The van der Waals surface area contributed by atoms with E-state index >= 15 is 0 Å². The molecule has 52 heavy (non-hydrogen) atoms. The molecular weight excluding hydrogens is 633 g/mol. The molecule has 0 amide bonds. The maximum absolute atomic E-state index is 5.43. The van der Waals surface area contributed by atoms with Gasteiger partial charge >= 0.3 is 0 Å². The van der Waals surface area contributed by atoms with Gasteiger partial charge in [-0.2, -0.15) is 0 Å². The Morgan fingerprint density at radius 2 is 0.865 bits per heavy atom. The lowest BCUT2D eigenvalue weighted by Gasteiger charge is -2.46. The van der Waals surface area contributed by atoms with Crippen LogP contribution in [0.15, 0.2) is 30.3 Å². The second kappa shape index (κ2) is 44.4. The van der Waals surface area contributed by atoms with Gasteiger partial charge < -0.3 is 9.47 Å². The number of benzene rings is 1. The van der Waals surface area contributed by atoms with Crippen LogP contribution in [0.3, 0.4) is 0 Å². The average molecular weight is 741 g/mol. The first-order valence-electron chi connectivity index (χ1n) is 21.4. The Morgan fingerprint density at radius 1 is 0.558 bits per heavy atom. The molecule has 2 heteroatoms. The molecule has 1 aromatic carbocycles. The SMILES string of the molecule is C.C.C.C.CC.CC.CC.CC1CCC(C(C)(C)C2CCC(C)CC2)CC1.CCC.CCC1CCC(CC)CC1.CCOC(C)Oc1ccccc1. The summed E-state index contributed by atoms with van der Waals surface area (Å²) in [6, 6.07) is 9.66. The maximum atomic E-state index is 5.43. The molecule has 4 rings (SSSR count). The normalized spacial score (nSPS) is 23.3. The van der Waals surface area contributed by atoms with Crippen LogP contribution in [0.2, 0.25) is 0 Å². The van der Waals surface area contributed by atoms with E-state index in [1.54, 1.807) is 0 Å². The van der Waals surface area contributed by atoms with Crippen LogP contribution < -0.4 is 4.74 Å². The minimum Gasteiger partial charge on any atom is -0.465 e. The molecule has 320 valence electrons. The second-order valence-corrected chi connectivity index (χ2v) is 14.6. The lowest BCUT2D eigenvalue weighted by molar-refractivity contribution is -0.0613. The van der Waals surface area contributed by atoms with Crippen LogP contribution in [0.5, 0.6) is 5.75 Å². The van der Waals surface area contributed by atoms with Crippen LogP contribution in [0.4, 0.5) is 0 Å². The van der Waals surface area contributed by atoms with Crippen molar-refractivity contribution in [3.8, 4) is 5.75 Å². The highest BCUT2D eigenvalue weighted by atomic mass is 16.7. The molecule has 0 saturated heterocycles. The smallest absolute Gasteiger partial charge is 0.196 e. The Labute approximate surface area is 335 Å². The van der Waals surface area contributed by atoms with Gasteiger partial charge in [0.2, 0.25) is 0 Å². The van der Waals surface area contributed by atoms with E-state index in [0.717, 1.165) is 41.3 Å². The fourth-order valence-electron chi connectivity index (χ4n) is 7.35. The molecule has 3 aliphatic rings. The van der Waals surface area contributed by atoms with Crippen molar-refractivity contribution in [2.24, 2.45) is 40.9 Å². The fraction of sp³-hybridized carbons (Fsp3) is 0.880. The van der Waals surface area contributed by atoms with E-state index in [-0.39, 0.29) is 36.0 Å². The van der Waals surface area contributed by atoms with Crippen molar-refractivity contribution >= 4 is 0 Å². The highest BCUT2D eigenvalue weighted by Crippen LogP contribution is 2.49. The van der Waals surface area contributed by atoms with Crippen molar-refractivity contribution < 1.29 is 9.47 Å². The van der Waals surface area contributed by atoms with Crippen LogP contribution in [0.1, 0.15) is 237 Å². The summed E-state index contributed by atoms with van der Waals surface area (Å²) in [7, 11) is 0. The fourth-order valence-corrected chi connectivity index (χ4v) is 7.35. The van der Waals surface area contributed by atoms with Gasteiger partial charge in [0.05, 0.1) is 0 Å². The van der Waals surface area contributed by atoms with Crippen molar-refractivity contribution in [2.45, 2.75) is 243 Å². The Bertz CT molecular complexity index is 684. The topological polar surface area (TPSA) is 18.5 Å². The van der Waals surface area contributed by atoms with E-state index < -0.39 is 0 Å². The predicted octanol–water partition coefficient (Wildman–Crippen LogP) is 18.8. The van der Waals surface area contributed by atoms with E-state index in [0.29, 0.717) is 12.0 Å². The molecular formula is C50H108O2.